The Morgan fingerprint density at radius 3 is 1.97 bits per heavy atom. The van der Waals surface area contributed by atoms with Gasteiger partial charge in [-0.25, -0.2) is 4.79 Å². The molecule has 1 N–H and O–H groups in total. The van der Waals surface area contributed by atoms with Crippen molar-refractivity contribution in [3.05, 3.63) is 90.0 Å². The maximum absolute atomic E-state index is 11.4. The summed E-state index contributed by atoms with van der Waals surface area (Å²) in [6, 6.07) is 21.9. The second-order valence-corrected chi connectivity index (χ2v) is 6.05. The summed E-state index contributed by atoms with van der Waals surface area (Å²) in [6.07, 6.45) is 1.17. The van der Waals surface area contributed by atoms with Gasteiger partial charge < -0.3 is 14.6 Å². The van der Waals surface area contributed by atoms with Crippen LogP contribution in [0.25, 0.3) is 5.57 Å². The topological polar surface area (TPSA) is 80.5 Å². The molecule has 146 valence electrons. The van der Waals surface area contributed by atoms with Crippen LogP contribution in [0, 0.1) is 0 Å². The first-order valence-electron chi connectivity index (χ1n) is 8.85. The molecule has 0 aliphatic rings. The van der Waals surface area contributed by atoms with E-state index in [1.54, 1.807) is 37.4 Å². The Morgan fingerprint density at radius 1 is 0.793 bits per heavy atom. The minimum absolute atomic E-state index is 0.523. The first kappa shape index (κ1) is 19.8. The normalized spacial score (nSPS) is 11.4. The molecule has 29 heavy (non-hydrogen) atoms. The quantitative estimate of drug-likeness (QED) is 0.420. The molecule has 0 saturated heterocycles. The number of benzene rings is 3. The van der Waals surface area contributed by atoms with Gasteiger partial charge in [-0.05, 0) is 53.1 Å². The highest BCUT2D eigenvalue weighted by Gasteiger charge is 2.12. The van der Waals surface area contributed by atoms with Crippen molar-refractivity contribution in [2.75, 3.05) is 14.2 Å². The van der Waals surface area contributed by atoms with Crippen LogP contribution in [0.15, 0.2) is 89.1 Å². The predicted octanol–water partition coefficient (Wildman–Crippen LogP) is 5.64. The Hall–Kier alpha value is -3.93. The van der Waals surface area contributed by atoms with Crippen LogP contribution in [-0.2, 0) is 4.79 Å². The van der Waals surface area contributed by atoms with Crippen LogP contribution < -0.4 is 9.47 Å². The lowest BCUT2D eigenvalue weighted by Gasteiger charge is -2.12. The van der Waals surface area contributed by atoms with E-state index in [9.17, 15) is 9.90 Å². The molecule has 3 aromatic rings. The fourth-order valence-electron chi connectivity index (χ4n) is 2.78. The fourth-order valence-corrected chi connectivity index (χ4v) is 2.78. The van der Waals surface area contributed by atoms with Gasteiger partial charge in [-0.3, -0.25) is 0 Å². The Morgan fingerprint density at radius 2 is 1.38 bits per heavy atom. The molecule has 0 fully saturated rings. The van der Waals surface area contributed by atoms with E-state index in [2.05, 4.69) is 10.2 Å². The summed E-state index contributed by atoms with van der Waals surface area (Å²) in [5.41, 5.74) is 3.40. The number of carboxylic acid groups (broad SMARTS) is 1. The maximum Gasteiger partial charge on any atom is 0.328 e. The summed E-state index contributed by atoms with van der Waals surface area (Å²) in [5, 5.41) is 17.7. The molecule has 0 aliphatic heterocycles. The summed E-state index contributed by atoms with van der Waals surface area (Å²) in [6.45, 7) is 0. The van der Waals surface area contributed by atoms with Crippen LogP contribution in [0.1, 0.15) is 11.1 Å². The lowest BCUT2D eigenvalue weighted by atomic mass is 9.97. The molecular formula is C23H20N2O4. The van der Waals surface area contributed by atoms with Crippen molar-refractivity contribution < 1.29 is 19.4 Å². The van der Waals surface area contributed by atoms with Gasteiger partial charge in [-0.15, -0.1) is 0 Å². The van der Waals surface area contributed by atoms with Crippen molar-refractivity contribution in [1.82, 2.24) is 0 Å². The Balaban J connectivity index is 1.92. The van der Waals surface area contributed by atoms with E-state index in [-0.39, 0.29) is 0 Å². The lowest BCUT2D eigenvalue weighted by Crippen LogP contribution is -1.97. The Labute approximate surface area is 168 Å². The van der Waals surface area contributed by atoms with E-state index < -0.39 is 5.97 Å². The van der Waals surface area contributed by atoms with Crippen LogP contribution in [0.4, 0.5) is 11.4 Å². The predicted molar refractivity (Wildman–Crippen MR) is 111 cm³/mol. The van der Waals surface area contributed by atoms with E-state index in [1.165, 1.54) is 13.2 Å². The maximum atomic E-state index is 11.4. The number of azo groups is 1. The Kier molecular flexibility index (Phi) is 6.37. The second-order valence-electron chi connectivity index (χ2n) is 6.05. The van der Waals surface area contributed by atoms with Gasteiger partial charge >= 0.3 is 5.97 Å². The van der Waals surface area contributed by atoms with Gasteiger partial charge in [0.2, 0.25) is 0 Å². The number of nitrogens with zero attached hydrogens (tertiary/aromatic N) is 2. The first-order chi connectivity index (χ1) is 14.1. The third kappa shape index (κ3) is 5.07. The molecule has 0 bridgehead atoms. The van der Waals surface area contributed by atoms with Gasteiger partial charge in [0.05, 0.1) is 25.6 Å². The van der Waals surface area contributed by atoms with Crippen molar-refractivity contribution in [3.63, 3.8) is 0 Å². The average molecular weight is 388 g/mol. The van der Waals surface area contributed by atoms with Crippen molar-refractivity contribution in [2.45, 2.75) is 0 Å². The molecular weight excluding hydrogens is 368 g/mol. The summed E-state index contributed by atoms with van der Waals surface area (Å²) in [5.74, 6) is 0.0554. The van der Waals surface area contributed by atoms with Crippen LogP contribution in [0.5, 0.6) is 11.5 Å². The van der Waals surface area contributed by atoms with Crippen LogP contribution in [0.2, 0.25) is 0 Å². The molecule has 3 aromatic carbocycles. The summed E-state index contributed by atoms with van der Waals surface area (Å²) in [7, 11) is 3.09. The van der Waals surface area contributed by atoms with Crippen molar-refractivity contribution in [1.29, 1.82) is 0 Å². The van der Waals surface area contributed by atoms with Crippen LogP contribution in [0.3, 0.4) is 0 Å². The van der Waals surface area contributed by atoms with Crippen LogP contribution >= 0.6 is 0 Å². The minimum Gasteiger partial charge on any atom is -0.493 e. The zero-order valence-corrected chi connectivity index (χ0v) is 16.1. The molecule has 6 heteroatoms. The smallest absolute Gasteiger partial charge is 0.328 e. The number of methoxy groups -OCH3 is 2. The zero-order valence-electron chi connectivity index (χ0n) is 16.1. The molecule has 0 saturated carbocycles. The van der Waals surface area contributed by atoms with Crippen molar-refractivity contribution >= 4 is 22.9 Å². The monoisotopic (exact) mass is 388 g/mol. The van der Waals surface area contributed by atoms with E-state index in [1.807, 2.05) is 42.5 Å². The second kappa shape index (κ2) is 9.32. The molecule has 3 rings (SSSR count). The number of carboxylic acids is 1. The standard InChI is InChI=1S/C23H20N2O4/c1-28-21-13-10-17(14-22(21)29-2)20(15-23(26)27)16-8-11-19(12-9-16)25-24-18-6-4-3-5-7-18/h3-15H,1-2H3,(H,26,27)/b20-15+,25-24?. The first-order valence-corrected chi connectivity index (χ1v) is 8.85. The third-order valence-corrected chi connectivity index (χ3v) is 4.18. The largest absolute Gasteiger partial charge is 0.493 e. The molecule has 0 aromatic heterocycles. The Bertz CT molecular complexity index is 1040. The van der Waals surface area contributed by atoms with Gasteiger partial charge in [0.1, 0.15) is 0 Å². The van der Waals surface area contributed by atoms with Crippen molar-refractivity contribution in [3.8, 4) is 11.5 Å². The third-order valence-electron chi connectivity index (χ3n) is 4.18. The highest BCUT2D eigenvalue weighted by Crippen LogP contribution is 2.33. The van der Waals surface area contributed by atoms with Gasteiger partial charge in [-0.2, -0.15) is 10.2 Å². The van der Waals surface area contributed by atoms with Gasteiger partial charge in [-0.1, -0.05) is 36.4 Å². The number of hydrogen-bond donors (Lipinski definition) is 1. The fraction of sp³-hybridized carbons (Fsp3) is 0.0870. The molecule has 0 unspecified atom stereocenters. The van der Waals surface area contributed by atoms with Gasteiger partial charge in [0, 0.05) is 6.08 Å². The van der Waals surface area contributed by atoms with Gasteiger partial charge in [0.25, 0.3) is 0 Å². The SMILES string of the molecule is COc1ccc(/C(=C/C(=O)O)c2ccc(N=Nc3ccccc3)cc2)cc1OC. The number of ether oxygens (including phenoxy) is 2. The summed E-state index contributed by atoms with van der Waals surface area (Å²) >= 11 is 0. The summed E-state index contributed by atoms with van der Waals surface area (Å²) < 4.78 is 10.6. The van der Waals surface area contributed by atoms with E-state index in [0.717, 1.165) is 11.3 Å². The van der Waals surface area contributed by atoms with E-state index >= 15 is 0 Å². The van der Waals surface area contributed by atoms with Gasteiger partial charge in [0.15, 0.2) is 11.5 Å². The van der Waals surface area contributed by atoms with E-state index in [0.29, 0.717) is 28.3 Å². The average Bonchev–Trinajstić information content (AvgIpc) is 2.76. The highest BCUT2D eigenvalue weighted by molar-refractivity contribution is 5.95. The molecule has 0 heterocycles. The number of hydrogen-bond acceptors (Lipinski definition) is 5. The lowest BCUT2D eigenvalue weighted by molar-refractivity contribution is -0.131. The minimum atomic E-state index is -1.04. The number of aliphatic carboxylic acids is 1. The number of carbonyl (C=O) groups is 1. The molecule has 0 radical (unpaired) electrons. The van der Waals surface area contributed by atoms with Crippen molar-refractivity contribution in [2.24, 2.45) is 10.2 Å². The molecule has 6 nitrogen and oxygen atoms in total. The summed E-state index contributed by atoms with van der Waals surface area (Å²) in [4.78, 5) is 11.4. The molecule has 0 amide bonds. The number of rotatable bonds is 7. The molecule has 0 aliphatic carbocycles. The van der Waals surface area contributed by atoms with Crippen LogP contribution in [-0.4, -0.2) is 25.3 Å². The zero-order chi connectivity index (χ0) is 20.6. The van der Waals surface area contributed by atoms with E-state index in [4.69, 9.17) is 9.47 Å². The molecule has 0 spiro atoms. The molecule has 0 atom stereocenters. The highest BCUT2D eigenvalue weighted by atomic mass is 16.5.